The Hall–Kier alpha value is -3.19. The van der Waals surface area contributed by atoms with Crippen LogP contribution < -0.4 is 10.2 Å². The van der Waals surface area contributed by atoms with Crippen LogP contribution in [0.25, 0.3) is 11.0 Å². The minimum Gasteiger partial charge on any atom is -0.312 e. The average molecular weight is 420 g/mol. The third kappa shape index (κ3) is 4.46. The molecule has 4 rings (SSSR count). The van der Waals surface area contributed by atoms with E-state index in [1.54, 1.807) is 17.0 Å². The second kappa shape index (κ2) is 9.31. The molecule has 0 saturated carbocycles. The highest BCUT2D eigenvalue weighted by Gasteiger charge is 2.22. The molecule has 1 aromatic heterocycles. The molecule has 3 aromatic rings. The number of amides is 2. The molecule has 2 amide bonds. The Morgan fingerprint density at radius 3 is 2.52 bits per heavy atom. The number of aromatic nitrogens is 2. The lowest BCUT2D eigenvalue weighted by Gasteiger charge is -2.19. The number of benzene rings is 2. The van der Waals surface area contributed by atoms with Crippen LogP contribution in [-0.4, -0.2) is 52.4 Å². The van der Waals surface area contributed by atoms with Crippen molar-refractivity contribution in [3.63, 3.8) is 0 Å². The van der Waals surface area contributed by atoms with Gasteiger partial charge >= 0.3 is 0 Å². The van der Waals surface area contributed by atoms with Crippen molar-refractivity contribution < 1.29 is 9.59 Å². The third-order valence-corrected chi connectivity index (χ3v) is 5.93. The maximum atomic E-state index is 12.9. The van der Waals surface area contributed by atoms with E-state index in [-0.39, 0.29) is 11.8 Å². The van der Waals surface area contributed by atoms with Crippen molar-refractivity contribution in [3.05, 3.63) is 54.1 Å². The van der Waals surface area contributed by atoms with Gasteiger partial charge in [-0.3, -0.25) is 14.9 Å². The van der Waals surface area contributed by atoms with E-state index in [4.69, 9.17) is 0 Å². The van der Waals surface area contributed by atoms with Gasteiger partial charge in [0, 0.05) is 37.3 Å². The standard InChI is InChI=1S/C24H29N5O2/c1-3-27(4-2)16-17-29-21-9-6-5-8-20(21)25-24(29)26-23(31)18-11-13-19(14-12-18)28-15-7-10-22(28)30/h5-6,8-9,11-14H,3-4,7,10,15-17H2,1-2H3,(H,25,26,31). The minimum atomic E-state index is -0.210. The first-order valence-electron chi connectivity index (χ1n) is 11.0. The Morgan fingerprint density at radius 2 is 1.84 bits per heavy atom. The molecule has 7 heteroatoms. The van der Waals surface area contributed by atoms with Crippen molar-refractivity contribution in [1.82, 2.24) is 14.5 Å². The van der Waals surface area contributed by atoms with Gasteiger partial charge in [-0.15, -0.1) is 0 Å². The summed E-state index contributed by atoms with van der Waals surface area (Å²) in [6.45, 7) is 8.63. The zero-order chi connectivity index (χ0) is 21.8. The molecular formula is C24H29N5O2. The first-order chi connectivity index (χ1) is 15.1. The van der Waals surface area contributed by atoms with E-state index in [1.807, 2.05) is 36.4 Å². The smallest absolute Gasteiger partial charge is 0.257 e. The lowest BCUT2D eigenvalue weighted by atomic mass is 10.2. The van der Waals surface area contributed by atoms with Gasteiger partial charge in [0.05, 0.1) is 11.0 Å². The SMILES string of the molecule is CCN(CC)CCn1c(NC(=O)c2ccc(N3CCCC3=O)cc2)nc2ccccc21. The van der Waals surface area contributed by atoms with Crippen LogP contribution in [0.4, 0.5) is 11.6 Å². The minimum absolute atomic E-state index is 0.138. The number of imidazole rings is 1. The molecule has 0 atom stereocenters. The summed E-state index contributed by atoms with van der Waals surface area (Å²) in [6.07, 6.45) is 1.47. The first kappa shape index (κ1) is 21.1. The van der Waals surface area contributed by atoms with Gasteiger partial charge < -0.3 is 14.4 Å². The normalized spacial score (nSPS) is 14.0. The highest BCUT2D eigenvalue weighted by atomic mass is 16.2. The first-order valence-corrected chi connectivity index (χ1v) is 11.0. The summed E-state index contributed by atoms with van der Waals surface area (Å²) in [6, 6.07) is 15.1. The van der Waals surface area contributed by atoms with Crippen LogP contribution in [0.3, 0.4) is 0 Å². The number of hydrogen-bond acceptors (Lipinski definition) is 4. The predicted octanol–water partition coefficient (Wildman–Crippen LogP) is 3.76. The summed E-state index contributed by atoms with van der Waals surface area (Å²) in [7, 11) is 0. The summed E-state index contributed by atoms with van der Waals surface area (Å²) in [4.78, 5) is 33.7. The molecule has 0 aliphatic carbocycles. The lowest BCUT2D eigenvalue weighted by molar-refractivity contribution is -0.117. The maximum absolute atomic E-state index is 12.9. The quantitative estimate of drug-likeness (QED) is 0.604. The van der Waals surface area contributed by atoms with E-state index in [0.29, 0.717) is 17.9 Å². The average Bonchev–Trinajstić information content (AvgIpc) is 3.37. The Morgan fingerprint density at radius 1 is 1.10 bits per heavy atom. The van der Waals surface area contributed by atoms with Crippen molar-refractivity contribution >= 4 is 34.5 Å². The molecule has 0 unspecified atom stereocenters. The molecule has 1 aliphatic rings. The van der Waals surface area contributed by atoms with Gasteiger partial charge in [0.25, 0.3) is 5.91 Å². The topological polar surface area (TPSA) is 70.5 Å². The number of para-hydroxylation sites is 2. The largest absolute Gasteiger partial charge is 0.312 e. The molecule has 1 aliphatic heterocycles. The molecule has 2 aromatic carbocycles. The number of carbonyl (C=O) groups is 2. The predicted molar refractivity (Wildman–Crippen MR) is 124 cm³/mol. The second-order valence-corrected chi connectivity index (χ2v) is 7.75. The third-order valence-electron chi connectivity index (χ3n) is 5.93. The second-order valence-electron chi connectivity index (χ2n) is 7.75. The Kier molecular flexibility index (Phi) is 6.32. The number of rotatable bonds is 8. The lowest BCUT2D eigenvalue weighted by Crippen LogP contribution is -2.27. The number of nitrogens with zero attached hydrogens (tertiary/aromatic N) is 4. The zero-order valence-corrected chi connectivity index (χ0v) is 18.2. The molecule has 0 radical (unpaired) electrons. The monoisotopic (exact) mass is 419 g/mol. The number of likely N-dealkylation sites (N-methyl/N-ethyl adjacent to an activating group) is 1. The van der Waals surface area contributed by atoms with Crippen LogP contribution in [0.1, 0.15) is 37.0 Å². The summed E-state index contributed by atoms with van der Waals surface area (Å²) in [5.74, 6) is 0.481. The highest BCUT2D eigenvalue weighted by Crippen LogP contribution is 2.23. The van der Waals surface area contributed by atoms with Gasteiger partial charge in [0.15, 0.2) is 0 Å². The van der Waals surface area contributed by atoms with E-state index in [2.05, 4.69) is 33.6 Å². The van der Waals surface area contributed by atoms with E-state index in [1.165, 1.54) is 0 Å². The van der Waals surface area contributed by atoms with Gasteiger partial charge in [0.1, 0.15) is 0 Å². The maximum Gasteiger partial charge on any atom is 0.257 e. The molecule has 2 heterocycles. The van der Waals surface area contributed by atoms with E-state index < -0.39 is 0 Å². The van der Waals surface area contributed by atoms with E-state index in [0.717, 1.165) is 55.9 Å². The summed E-state index contributed by atoms with van der Waals surface area (Å²) in [5.41, 5.74) is 3.25. The van der Waals surface area contributed by atoms with Crippen molar-refractivity contribution in [2.75, 3.05) is 36.4 Å². The fraction of sp³-hybridized carbons (Fsp3) is 0.375. The van der Waals surface area contributed by atoms with Crippen molar-refractivity contribution in [2.45, 2.75) is 33.2 Å². The van der Waals surface area contributed by atoms with Gasteiger partial charge in [0.2, 0.25) is 11.9 Å². The van der Waals surface area contributed by atoms with Gasteiger partial charge in [-0.1, -0.05) is 26.0 Å². The van der Waals surface area contributed by atoms with Gasteiger partial charge in [-0.05, 0) is 55.9 Å². The Labute approximate surface area is 182 Å². The summed E-state index contributed by atoms with van der Waals surface area (Å²) < 4.78 is 2.07. The number of nitrogens with one attached hydrogen (secondary N) is 1. The molecule has 0 bridgehead atoms. The summed E-state index contributed by atoms with van der Waals surface area (Å²) in [5, 5.41) is 2.99. The zero-order valence-electron chi connectivity index (χ0n) is 18.2. The molecular weight excluding hydrogens is 390 g/mol. The fourth-order valence-electron chi connectivity index (χ4n) is 4.07. The molecule has 162 valence electrons. The van der Waals surface area contributed by atoms with Crippen LogP contribution in [0, 0.1) is 0 Å². The van der Waals surface area contributed by atoms with Crippen molar-refractivity contribution in [3.8, 4) is 0 Å². The van der Waals surface area contributed by atoms with Crippen LogP contribution in [0.15, 0.2) is 48.5 Å². The van der Waals surface area contributed by atoms with Gasteiger partial charge in [-0.25, -0.2) is 4.98 Å². The van der Waals surface area contributed by atoms with E-state index >= 15 is 0 Å². The number of carbonyl (C=O) groups excluding carboxylic acids is 2. The number of fused-ring (bicyclic) bond motifs is 1. The molecule has 1 N–H and O–H groups in total. The summed E-state index contributed by atoms with van der Waals surface area (Å²) >= 11 is 0. The number of hydrogen-bond donors (Lipinski definition) is 1. The molecule has 1 fully saturated rings. The van der Waals surface area contributed by atoms with Crippen molar-refractivity contribution in [1.29, 1.82) is 0 Å². The van der Waals surface area contributed by atoms with E-state index in [9.17, 15) is 9.59 Å². The van der Waals surface area contributed by atoms with Crippen LogP contribution >= 0.6 is 0 Å². The number of anilines is 2. The molecule has 1 saturated heterocycles. The van der Waals surface area contributed by atoms with Crippen molar-refractivity contribution in [2.24, 2.45) is 0 Å². The fourth-order valence-corrected chi connectivity index (χ4v) is 4.07. The van der Waals surface area contributed by atoms with Crippen LogP contribution in [0.2, 0.25) is 0 Å². The molecule has 31 heavy (non-hydrogen) atoms. The molecule has 7 nitrogen and oxygen atoms in total. The Balaban J connectivity index is 1.54. The van der Waals surface area contributed by atoms with Gasteiger partial charge in [-0.2, -0.15) is 0 Å². The highest BCUT2D eigenvalue weighted by molar-refractivity contribution is 6.04. The van der Waals surface area contributed by atoms with Crippen LogP contribution in [0.5, 0.6) is 0 Å². The molecule has 0 spiro atoms. The Bertz CT molecular complexity index is 1070. The van der Waals surface area contributed by atoms with Crippen LogP contribution in [-0.2, 0) is 11.3 Å².